The number of carbonyl (C=O) groups is 2. The Morgan fingerprint density at radius 3 is 2.52 bits per heavy atom. The second kappa shape index (κ2) is 7.46. The average Bonchev–Trinajstić information content (AvgIpc) is 2.53. The normalized spacial score (nSPS) is 18.6. The molecule has 2 rings (SSSR count). The third-order valence-corrected chi connectivity index (χ3v) is 4.48. The Hall–Kier alpha value is -2.04. The van der Waals surface area contributed by atoms with Gasteiger partial charge in [-0.3, -0.25) is 4.79 Å². The van der Waals surface area contributed by atoms with Gasteiger partial charge in [-0.25, -0.2) is 4.79 Å². The van der Waals surface area contributed by atoms with Crippen molar-refractivity contribution in [1.29, 1.82) is 0 Å². The number of piperidine rings is 1. The van der Waals surface area contributed by atoms with Crippen LogP contribution in [0.5, 0.6) is 5.75 Å². The Morgan fingerprint density at radius 2 is 1.88 bits per heavy atom. The first-order valence-electron chi connectivity index (χ1n) is 8.83. The van der Waals surface area contributed by atoms with E-state index in [1.165, 1.54) is 0 Å². The van der Waals surface area contributed by atoms with Crippen molar-refractivity contribution in [3.05, 3.63) is 29.8 Å². The van der Waals surface area contributed by atoms with Gasteiger partial charge in [-0.1, -0.05) is 12.1 Å². The van der Waals surface area contributed by atoms with E-state index in [4.69, 9.17) is 9.47 Å². The van der Waals surface area contributed by atoms with Crippen molar-refractivity contribution in [3.8, 4) is 5.75 Å². The third kappa shape index (κ3) is 5.21. The minimum absolute atomic E-state index is 0.161. The first-order valence-corrected chi connectivity index (χ1v) is 8.83. The van der Waals surface area contributed by atoms with Gasteiger partial charge in [0.25, 0.3) is 0 Å². The zero-order valence-electron chi connectivity index (χ0n) is 15.9. The highest BCUT2D eigenvalue weighted by Crippen LogP contribution is 2.33. The predicted molar refractivity (Wildman–Crippen MR) is 97.1 cm³/mol. The zero-order valence-corrected chi connectivity index (χ0v) is 15.9. The maximum atomic E-state index is 12.4. The van der Waals surface area contributed by atoms with Crippen LogP contribution in [0.15, 0.2) is 24.3 Å². The number of carbonyl (C=O) groups excluding carboxylic acids is 2. The summed E-state index contributed by atoms with van der Waals surface area (Å²) in [5, 5.41) is 0. The van der Waals surface area contributed by atoms with Crippen LogP contribution in [0.1, 0.15) is 57.8 Å². The van der Waals surface area contributed by atoms with E-state index in [-0.39, 0.29) is 12.0 Å². The predicted octanol–water partition coefficient (Wildman–Crippen LogP) is 4.30. The summed E-state index contributed by atoms with van der Waals surface area (Å²) in [5.74, 6) is 0.741. The van der Waals surface area contributed by atoms with E-state index < -0.39 is 11.2 Å². The molecule has 1 atom stereocenters. The van der Waals surface area contributed by atoms with E-state index >= 15 is 0 Å². The molecule has 1 amide bonds. The molecule has 1 aromatic carbocycles. The summed E-state index contributed by atoms with van der Waals surface area (Å²) in [5.41, 5.74) is -0.464. The van der Waals surface area contributed by atoms with Gasteiger partial charge >= 0.3 is 6.09 Å². The van der Waals surface area contributed by atoms with Gasteiger partial charge in [-0.2, -0.15) is 0 Å². The van der Waals surface area contributed by atoms with Crippen molar-refractivity contribution in [3.63, 3.8) is 0 Å². The Morgan fingerprint density at radius 1 is 1.20 bits per heavy atom. The highest BCUT2D eigenvalue weighted by atomic mass is 16.6. The standard InChI is InChI=1S/C20H29NO4/c1-19(2,3)25-18(23)21-12-8-10-16(13-21)20(4,5)24-17-11-7-6-9-15(17)14-22/h6-7,9,11,14,16H,8,10,12-13H2,1-5H3/t16-/m0/s1. The SMILES string of the molecule is CC(C)(C)OC(=O)N1CCC[C@H](C(C)(C)Oc2ccccc2C=O)C1. The zero-order chi connectivity index (χ0) is 18.7. The summed E-state index contributed by atoms with van der Waals surface area (Å²) >= 11 is 0. The minimum Gasteiger partial charge on any atom is -0.487 e. The Labute approximate surface area is 150 Å². The molecule has 0 spiro atoms. The van der Waals surface area contributed by atoms with Crippen molar-refractivity contribution >= 4 is 12.4 Å². The van der Waals surface area contributed by atoms with E-state index in [2.05, 4.69) is 0 Å². The lowest BCUT2D eigenvalue weighted by atomic mass is 9.84. The van der Waals surface area contributed by atoms with Crippen LogP contribution < -0.4 is 4.74 Å². The molecular weight excluding hydrogens is 318 g/mol. The van der Waals surface area contributed by atoms with Gasteiger partial charge in [0.05, 0.1) is 5.56 Å². The molecule has 25 heavy (non-hydrogen) atoms. The Bertz CT molecular complexity index is 618. The van der Waals surface area contributed by atoms with Gasteiger partial charge in [-0.05, 0) is 59.6 Å². The lowest BCUT2D eigenvalue weighted by Gasteiger charge is -2.41. The fourth-order valence-electron chi connectivity index (χ4n) is 3.07. The van der Waals surface area contributed by atoms with Crippen molar-refractivity contribution in [2.75, 3.05) is 13.1 Å². The molecular formula is C20H29NO4. The number of likely N-dealkylation sites (tertiary alicyclic amines) is 1. The fourth-order valence-corrected chi connectivity index (χ4v) is 3.07. The molecule has 0 aromatic heterocycles. The molecule has 1 fully saturated rings. The van der Waals surface area contributed by atoms with Crippen molar-refractivity contribution in [2.24, 2.45) is 5.92 Å². The van der Waals surface area contributed by atoms with Gasteiger partial charge in [-0.15, -0.1) is 0 Å². The molecule has 1 saturated heterocycles. The fraction of sp³-hybridized carbons (Fsp3) is 0.600. The number of ether oxygens (including phenoxy) is 2. The van der Waals surface area contributed by atoms with Gasteiger partial charge in [0.15, 0.2) is 6.29 Å². The molecule has 138 valence electrons. The van der Waals surface area contributed by atoms with E-state index in [0.717, 1.165) is 19.1 Å². The Balaban J connectivity index is 2.08. The van der Waals surface area contributed by atoms with Crippen molar-refractivity contribution in [1.82, 2.24) is 4.90 Å². The van der Waals surface area contributed by atoms with E-state index in [9.17, 15) is 9.59 Å². The highest BCUT2D eigenvalue weighted by Gasteiger charge is 2.37. The summed E-state index contributed by atoms with van der Waals surface area (Å²) in [7, 11) is 0. The van der Waals surface area contributed by atoms with Crippen LogP contribution in [0.4, 0.5) is 4.79 Å². The molecule has 1 aromatic rings. The van der Waals surface area contributed by atoms with Crippen LogP contribution in [-0.2, 0) is 4.74 Å². The molecule has 0 unspecified atom stereocenters. The van der Waals surface area contributed by atoms with Crippen LogP contribution in [0.2, 0.25) is 0 Å². The molecule has 5 heteroatoms. The molecule has 1 aliphatic heterocycles. The van der Waals surface area contributed by atoms with Crippen LogP contribution in [-0.4, -0.2) is 41.6 Å². The molecule has 5 nitrogen and oxygen atoms in total. The van der Waals surface area contributed by atoms with Crippen LogP contribution in [0, 0.1) is 5.92 Å². The summed E-state index contributed by atoms with van der Waals surface area (Å²) in [4.78, 5) is 25.3. The lowest BCUT2D eigenvalue weighted by molar-refractivity contribution is -0.0160. The molecule has 0 aliphatic carbocycles. The molecule has 0 radical (unpaired) electrons. The van der Waals surface area contributed by atoms with Crippen LogP contribution in [0.3, 0.4) is 0 Å². The van der Waals surface area contributed by atoms with Crippen molar-refractivity contribution in [2.45, 2.75) is 58.7 Å². The summed E-state index contributed by atoms with van der Waals surface area (Å²) in [6, 6.07) is 7.22. The second-order valence-corrected chi connectivity index (χ2v) is 8.13. The van der Waals surface area contributed by atoms with Gasteiger partial charge < -0.3 is 14.4 Å². The number of hydrogen-bond donors (Lipinski definition) is 0. The first-order chi connectivity index (χ1) is 11.6. The molecule has 0 saturated carbocycles. The molecule has 0 bridgehead atoms. The summed E-state index contributed by atoms with van der Waals surface area (Å²) in [6.45, 7) is 10.9. The number of para-hydroxylation sites is 1. The molecule has 1 aliphatic rings. The number of benzene rings is 1. The lowest BCUT2D eigenvalue weighted by Crippen LogP contribution is -2.50. The average molecular weight is 347 g/mol. The first kappa shape index (κ1) is 19.3. The highest BCUT2D eigenvalue weighted by molar-refractivity contribution is 5.79. The quantitative estimate of drug-likeness (QED) is 0.762. The summed E-state index contributed by atoms with van der Waals surface area (Å²) in [6.07, 6.45) is 2.40. The van der Waals surface area contributed by atoms with Gasteiger partial charge in [0, 0.05) is 19.0 Å². The van der Waals surface area contributed by atoms with E-state index in [0.29, 0.717) is 24.4 Å². The number of aldehydes is 1. The molecule has 0 N–H and O–H groups in total. The number of amides is 1. The largest absolute Gasteiger partial charge is 0.487 e. The second-order valence-electron chi connectivity index (χ2n) is 8.13. The third-order valence-electron chi connectivity index (χ3n) is 4.48. The maximum Gasteiger partial charge on any atom is 0.410 e. The molecule has 1 heterocycles. The summed E-state index contributed by atoms with van der Waals surface area (Å²) < 4.78 is 11.7. The Kier molecular flexibility index (Phi) is 5.76. The smallest absolute Gasteiger partial charge is 0.410 e. The number of nitrogens with zero attached hydrogens (tertiary/aromatic N) is 1. The topological polar surface area (TPSA) is 55.8 Å². The van der Waals surface area contributed by atoms with Gasteiger partial charge in [0.2, 0.25) is 0 Å². The van der Waals surface area contributed by atoms with E-state index in [1.54, 1.807) is 17.0 Å². The number of hydrogen-bond acceptors (Lipinski definition) is 4. The van der Waals surface area contributed by atoms with E-state index in [1.807, 2.05) is 46.8 Å². The maximum absolute atomic E-state index is 12.4. The van der Waals surface area contributed by atoms with Gasteiger partial charge in [0.1, 0.15) is 17.0 Å². The van der Waals surface area contributed by atoms with Crippen LogP contribution >= 0.6 is 0 Å². The number of rotatable bonds is 4. The monoisotopic (exact) mass is 347 g/mol. The van der Waals surface area contributed by atoms with Crippen molar-refractivity contribution < 1.29 is 19.1 Å². The minimum atomic E-state index is -0.501. The van der Waals surface area contributed by atoms with Crippen LogP contribution in [0.25, 0.3) is 0 Å².